The van der Waals surface area contributed by atoms with Crippen molar-refractivity contribution in [3.05, 3.63) is 0 Å². The lowest BCUT2D eigenvalue weighted by Gasteiger charge is -2.35. The van der Waals surface area contributed by atoms with Gasteiger partial charge in [0.15, 0.2) is 0 Å². The van der Waals surface area contributed by atoms with Gasteiger partial charge in [-0.25, -0.2) is 0 Å². The minimum atomic E-state index is -0.390. The minimum Gasteiger partial charge on any atom is -0.299 e. The van der Waals surface area contributed by atoms with E-state index in [1.807, 2.05) is 34.6 Å². The summed E-state index contributed by atoms with van der Waals surface area (Å²) >= 11 is 0. The van der Waals surface area contributed by atoms with Crippen LogP contribution in [0.4, 0.5) is 0 Å². The molecule has 0 N–H and O–H groups in total. The molecule has 0 amide bonds. The molecule has 112 valence electrons. The highest BCUT2D eigenvalue weighted by Gasteiger charge is 2.41. The Hall–Kier alpha value is -0.660. The SMILES string of the molecule is CC(C)C(=O)C(C(C)C)C(C(=O)C(C)(C)C)C(C)C. The average Bonchev–Trinajstić information content (AvgIpc) is 2.21. The van der Waals surface area contributed by atoms with E-state index in [1.54, 1.807) is 0 Å². The van der Waals surface area contributed by atoms with Crippen LogP contribution in [0.5, 0.6) is 0 Å². The second-order valence-corrected chi connectivity index (χ2v) is 7.71. The van der Waals surface area contributed by atoms with Crippen molar-refractivity contribution in [2.24, 2.45) is 35.0 Å². The van der Waals surface area contributed by atoms with E-state index >= 15 is 0 Å². The van der Waals surface area contributed by atoms with Crippen LogP contribution in [0, 0.1) is 35.0 Å². The van der Waals surface area contributed by atoms with E-state index in [-0.39, 0.29) is 46.6 Å². The lowest BCUT2D eigenvalue weighted by Crippen LogP contribution is -2.43. The number of hydrogen-bond donors (Lipinski definition) is 0. The molecule has 2 nitrogen and oxygen atoms in total. The second kappa shape index (κ2) is 6.67. The van der Waals surface area contributed by atoms with E-state index in [0.29, 0.717) is 0 Å². The van der Waals surface area contributed by atoms with Crippen LogP contribution in [0.15, 0.2) is 0 Å². The summed E-state index contributed by atoms with van der Waals surface area (Å²) in [4.78, 5) is 25.2. The molecule has 0 saturated carbocycles. The summed E-state index contributed by atoms with van der Waals surface area (Å²) in [6.07, 6.45) is 0. The van der Waals surface area contributed by atoms with Gasteiger partial charge in [-0.1, -0.05) is 62.3 Å². The monoisotopic (exact) mass is 268 g/mol. The number of rotatable bonds is 6. The summed E-state index contributed by atoms with van der Waals surface area (Å²) in [6, 6.07) is 0. The highest BCUT2D eigenvalue weighted by atomic mass is 16.1. The van der Waals surface area contributed by atoms with E-state index in [1.165, 1.54) is 0 Å². The number of ketones is 2. The first kappa shape index (κ1) is 18.3. The first-order valence-corrected chi connectivity index (χ1v) is 7.49. The van der Waals surface area contributed by atoms with Crippen molar-refractivity contribution < 1.29 is 9.59 Å². The van der Waals surface area contributed by atoms with Crippen molar-refractivity contribution in [1.29, 1.82) is 0 Å². The Morgan fingerprint density at radius 1 is 0.737 bits per heavy atom. The Morgan fingerprint density at radius 3 is 1.32 bits per heavy atom. The zero-order valence-corrected chi connectivity index (χ0v) is 14.2. The van der Waals surface area contributed by atoms with Crippen molar-refractivity contribution in [2.75, 3.05) is 0 Å². The van der Waals surface area contributed by atoms with Gasteiger partial charge in [-0.05, 0) is 11.8 Å². The lowest BCUT2D eigenvalue weighted by molar-refractivity contribution is -0.142. The Balaban J connectivity index is 5.57. The highest BCUT2D eigenvalue weighted by molar-refractivity contribution is 5.93. The van der Waals surface area contributed by atoms with Gasteiger partial charge in [-0.15, -0.1) is 0 Å². The van der Waals surface area contributed by atoms with E-state index in [0.717, 1.165) is 0 Å². The van der Waals surface area contributed by atoms with Gasteiger partial charge in [-0.2, -0.15) is 0 Å². The number of Topliss-reactive ketones (excluding diaryl/α,β-unsaturated/α-hetero) is 2. The van der Waals surface area contributed by atoms with Crippen molar-refractivity contribution in [1.82, 2.24) is 0 Å². The highest BCUT2D eigenvalue weighted by Crippen LogP contribution is 2.36. The molecule has 0 aromatic rings. The van der Waals surface area contributed by atoms with Crippen molar-refractivity contribution in [3.63, 3.8) is 0 Å². The molecule has 0 aromatic carbocycles. The Morgan fingerprint density at radius 2 is 1.11 bits per heavy atom. The topological polar surface area (TPSA) is 34.1 Å². The van der Waals surface area contributed by atoms with Crippen molar-refractivity contribution in [3.8, 4) is 0 Å². The fraction of sp³-hybridized carbons (Fsp3) is 0.882. The van der Waals surface area contributed by atoms with Crippen LogP contribution in [-0.2, 0) is 9.59 Å². The fourth-order valence-electron chi connectivity index (χ4n) is 2.69. The molecule has 19 heavy (non-hydrogen) atoms. The van der Waals surface area contributed by atoms with Crippen LogP contribution in [0.2, 0.25) is 0 Å². The van der Waals surface area contributed by atoms with Crippen LogP contribution in [0.1, 0.15) is 62.3 Å². The van der Waals surface area contributed by atoms with Gasteiger partial charge < -0.3 is 0 Å². The summed E-state index contributed by atoms with van der Waals surface area (Å²) in [5.74, 6) is 0.500. The van der Waals surface area contributed by atoms with Gasteiger partial charge >= 0.3 is 0 Å². The molecule has 2 atom stereocenters. The zero-order chi connectivity index (χ0) is 15.5. The van der Waals surface area contributed by atoms with Gasteiger partial charge in [0, 0.05) is 23.2 Å². The summed E-state index contributed by atoms with van der Waals surface area (Å²) in [5, 5.41) is 0. The van der Waals surface area contributed by atoms with E-state index < -0.39 is 0 Å². The molecular weight excluding hydrogens is 236 g/mol. The molecule has 0 rings (SSSR count). The second-order valence-electron chi connectivity index (χ2n) is 7.71. The first-order valence-electron chi connectivity index (χ1n) is 7.49. The van der Waals surface area contributed by atoms with Crippen LogP contribution < -0.4 is 0 Å². The Labute approximate surface area is 119 Å². The van der Waals surface area contributed by atoms with Crippen LogP contribution in [-0.4, -0.2) is 11.6 Å². The number of carbonyl (C=O) groups excluding carboxylic acids is 2. The normalized spacial score (nSPS) is 16.0. The van der Waals surface area contributed by atoms with Gasteiger partial charge in [0.25, 0.3) is 0 Å². The Bertz CT molecular complexity index is 319. The largest absolute Gasteiger partial charge is 0.299 e. The molecule has 0 aliphatic carbocycles. The predicted octanol–water partition coefficient (Wildman–Crippen LogP) is 4.37. The van der Waals surface area contributed by atoms with E-state index in [9.17, 15) is 9.59 Å². The van der Waals surface area contributed by atoms with E-state index in [2.05, 4.69) is 27.7 Å². The number of hydrogen-bond acceptors (Lipinski definition) is 2. The number of carbonyl (C=O) groups is 2. The van der Waals surface area contributed by atoms with Crippen molar-refractivity contribution in [2.45, 2.75) is 62.3 Å². The van der Waals surface area contributed by atoms with E-state index in [4.69, 9.17) is 0 Å². The maximum atomic E-state index is 12.7. The molecule has 0 bridgehead atoms. The van der Waals surface area contributed by atoms with Gasteiger partial charge in [0.1, 0.15) is 11.6 Å². The quantitative estimate of drug-likeness (QED) is 0.716. The minimum absolute atomic E-state index is 0.0126. The molecule has 0 aliphatic heterocycles. The zero-order valence-electron chi connectivity index (χ0n) is 14.2. The fourth-order valence-corrected chi connectivity index (χ4v) is 2.69. The standard InChI is InChI=1S/C17H32O2/c1-10(2)13(15(18)12(5)6)14(11(3)4)16(19)17(7,8)9/h10-14H,1-9H3. The van der Waals surface area contributed by atoms with Crippen LogP contribution in [0.25, 0.3) is 0 Å². The molecule has 0 aromatic heterocycles. The molecule has 0 heterocycles. The summed E-state index contributed by atoms with van der Waals surface area (Å²) in [5.41, 5.74) is -0.390. The smallest absolute Gasteiger partial charge is 0.142 e. The predicted molar refractivity (Wildman–Crippen MR) is 81.0 cm³/mol. The lowest BCUT2D eigenvalue weighted by atomic mass is 9.66. The summed E-state index contributed by atoms with van der Waals surface area (Å²) in [6.45, 7) is 17.9. The molecular formula is C17H32O2. The first-order chi connectivity index (χ1) is 8.41. The van der Waals surface area contributed by atoms with Crippen LogP contribution in [0.3, 0.4) is 0 Å². The molecule has 2 heteroatoms. The summed E-state index contributed by atoms with van der Waals surface area (Å²) in [7, 11) is 0. The summed E-state index contributed by atoms with van der Waals surface area (Å²) < 4.78 is 0. The molecule has 2 unspecified atom stereocenters. The molecule has 0 fully saturated rings. The van der Waals surface area contributed by atoms with Gasteiger partial charge in [-0.3, -0.25) is 9.59 Å². The molecule has 0 spiro atoms. The third-order valence-electron chi connectivity index (χ3n) is 3.76. The van der Waals surface area contributed by atoms with Gasteiger partial charge in [0.05, 0.1) is 0 Å². The average molecular weight is 268 g/mol. The molecule has 0 radical (unpaired) electrons. The Kier molecular flexibility index (Phi) is 6.44. The van der Waals surface area contributed by atoms with Crippen LogP contribution >= 0.6 is 0 Å². The molecule has 0 aliphatic rings. The molecule has 0 saturated heterocycles. The van der Waals surface area contributed by atoms with Gasteiger partial charge in [0.2, 0.25) is 0 Å². The maximum Gasteiger partial charge on any atom is 0.142 e. The maximum absolute atomic E-state index is 12.7. The van der Waals surface area contributed by atoms with Crippen molar-refractivity contribution >= 4 is 11.6 Å². The third kappa shape index (κ3) is 4.74. The third-order valence-corrected chi connectivity index (χ3v) is 3.76.